The SMILES string of the molecule is CC(C)(CC(=O)c1ccc(C2CCCCC2)cc1)C(=O)O. The summed E-state index contributed by atoms with van der Waals surface area (Å²) in [7, 11) is 0. The van der Waals surface area contributed by atoms with Crippen molar-refractivity contribution >= 4 is 11.8 Å². The molecule has 0 aromatic heterocycles. The molecule has 0 amide bonds. The largest absolute Gasteiger partial charge is 0.481 e. The Hall–Kier alpha value is -1.64. The van der Waals surface area contributed by atoms with Gasteiger partial charge < -0.3 is 5.11 Å². The molecule has 2 rings (SSSR count). The molecule has 0 aliphatic heterocycles. The molecule has 1 aliphatic rings. The molecule has 1 N–H and O–H groups in total. The highest BCUT2D eigenvalue weighted by Crippen LogP contribution is 2.33. The Morgan fingerprint density at radius 2 is 1.67 bits per heavy atom. The summed E-state index contributed by atoms with van der Waals surface area (Å²) in [6, 6.07) is 7.78. The van der Waals surface area contributed by atoms with Crippen LogP contribution < -0.4 is 0 Å². The zero-order chi connectivity index (χ0) is 15.5. The molecular weight excluding hydrogens is 264 g/mol. The Morgan fingerprint density at radius 3 is 2.19 bits per heavy atom. The summed E-state index contributed by atoms with van der Waals surface area (Å²) < 4.78 is 0. The summed E-state index contributed by atoms with van der Waals surface area (Å²) in [6.45, 7) is 3.17. The quantitative estimate of drug-likeness (QED) is 0.816. The summed E-state index contributed by atoms with van der Waals surface area (Å²) in [6.07, 6.45) is 6.41. The Bertz CT molecular complexity index is 508. The molecular formula is C18H24O3. The Kier molecular flexibility index (Phi) is 4.81. The minimum absolute atomic E-state index is 0.0328. The molecule has 0 atom stereocenters. The predicted molar refractivity (Wildman–Crippen MR) is 82.6 cm³/mol. The normalized spacial score (nSPS) is 16.7. The Morgan fingerprint density at radius 1 is 1.10 bits per heavy atom. The van der Waals surface area contributed by atoms with Crippen LogP contribution in [0.15, 0.2) is 24.3 Å². The van der Waals surface area contributed by atoms with Crippen LogP contribution in [-0.2, 0) is 4.79 Å². The van der Waals surface area contributed by atoms with E-state index in [4.69, 9.17) is 5.11 Å². The van der Waals surface area contributed by atoms with E-state index in [1.54, 1.807) is 13.8 Å². The molecule has 1 aromatic rings. The van der Waals surface area contributed by atoms with Gasteiger partial charge >= 0.3 is 5.97 Å². The lowest BCUT2D eigenvalue weighted by atomic mass is 9.83. The number of rotatable bonds is 5. The maximum absolute atomic E-state index is 12.2. The Balaban J connectivity index is 2.04. The first kappa shape index (κ1) is 15.7. The van der Waals surface area contributed by atoms with Gasteiger partial charge in [-0.05, 0) is 38.2 Å². The molecule has 1 saturated carbocycles. The third-order valence-corrected chi connectivity index (χ3v) is 4.49. The van der Waals surface area contributed by atoms with E-state index in [1.165, 1.54) is 37.7 Å². The van der Waals surface area contributed by atoms with Gasteiger partial charge in [0, 0.05) is 12.0 Å². The summed E-state index contributed by atoms with van der Waals surface area (Å²) >= 11 is 0. The van der Waals surface area contributed by atoms with Gasteiger partial charge in [0.05, 0.1) is 5.41 Å². The molecule has 114 valence electrons. The lowest BCUT2D eigenvalue weighted by molar-refractivity contribution is -0.146. The van der Waals surface area contributed by atoms with Gasteiger partial charge in [0.1, 0.15) is 0 Å². The summed E-state index contributed by atoms with van der Waals surface area (Å²) in [5.41, 5.74) is 0.909. The fourth-order valence-corrected chi connectivity index (χ4v) is 2.96. The topological polar surface area (TPSA) is 54.4 Å². The number of Topliss-reactive ketones (excluding diaryl/α,β-unsaturated/α-hetero) is 1. The third-order valence-electron chi connectivity index (χ3n) is 4.49. The van der Waals surface area contributed by atoms with E-state index in [9.17, 15) is 9.59 Å². The summed E-state index contributed by atoms with van der Waals surface area (Å²) in [4.78, 5) is 23.3. The molecule has 0 unspecified atom stereocenters. The number of carbonyl (C=O) groups excluding carboxylic acids is 1. The lowest BCUT2D eigenvalue weighted by Crippen LogP contribution is -2.26. The second kappa shape index (κ2) is 6.42. The summed E-state index contributed by atoms with van der Waals surface area (Å²) in [5.74, 6) is -0.411. The van der Waals surface area contributed by atoms with Crippen LogP contribution in [0.3, 0.4) is 0 Å². The van der Waals surface area contributed by atoms with Gasteiger partial charge in [-0.15, -0.1) is 0 Å². The van der Waals surface area contributed by atoms with Crippen LogP contribution in [0, 0.1) is 5.41 Å². The number of hydrogen-bond donors (Lipinski definition) is 1. The molecule has 21 heavy (non-hydrogen) atoms. The van der Waals surface area contributed by atoms with Crippen molar-refractivity contribution in [2.45, 2.75) is 58.3 Å². The van der Waals surface area contributed by atoms with Crippen molar-refractivity contribution in [2.75, 3.05) is 0 Å². The van der Waals surface area contributed by atoms with Crippen molar-refractivity contribution in [3.8, 4) is 0 Å². The number of carboxylic acid groups (broad SMARTS) is 1. The van der Waals surface area contributed by atoms with E-state index in [1.807, 2.05) is 24.3 Å². The van der Waals surface area contributed by atoms with Crippen LogP contribution in [0.2, 0.25) is 0 Å². The monoisotopic (exact) mass is 288 g/mol. The first-order valence-electron chi connectivity index (χ1n) is 7.77. The molecule has 3 heteroatoms. The number of aliphatic carboxylic acids is 1. The van der Waals surface area contributed by atoms with Gasteiger partial charge in [0.15, 0.2) is 5.78 Å². The van der Waals surface area contributed by atoms with Crippen molar-refractivity contribution in [2.24, 2.45) is 5.41 Å². The van der Waals surface area contributed by atoms with Gasteiger partial charge in [0.2, 0.25) is 0 Å². The molecule has 1 aromatic carbocycles. The molecule has 0 spiro atoms. The smallest absolute Gasteiger partial charge is 0.309 e. The third kappa shape index (κ3) is 3.93. The fourth-order valence-electron chi connectivity index (χ4n) is 2.96. The fraction of sp³-hybridized carbons (Fsp3) is 0.556. The van der Waals surface area contributed by atoms with Gasteiger partial charge in [-0.25, -0.2) is 0 Å². The zero-order valence-corrected chi connectivity index (χ0v) is 12.9. The molecule has 0 radical (unpaired) electrons. The van der Waals surface area contributed by atoms with E-state index < -0.39 is 11.4 Å². The maximum atomic E-state index is 12.2. The number of carboxylic acids is 1. The van der Waals surface area contributed by atoms with Crippen LogP contribution in [0.1, 0.15) is 74.2 Å². The van der Waals surface area contributed by atoms with E-state index in [-0.39, 0.29) is 12.2 Å². The van der Waals surface area contributed by atoms with Gasteiger partial charge in [-0.2, -0.15) is 0 Å². The molecule has 0 heterocycles. The molecule has 1 aliphatic carbocycles. The van der Waals surface area contributed by atoms with Crippen molar-refractivity contribution in [1.29, 1.82) is 0 Å². The molecule has 0 saturated heterocycles. The summed E-state index contributed by atoms with van der Waals surface area (Å²) in [5, 5.41) is 9.10. The van der Waals surface area contributed by atoms with Gasteiger partial charge in [-0.1, -0.05) is 43.5 Å². The molecule has 3 nitrogen and oxygen atoms in total. The highest BCUT2D eigenvalue weighted by Gasteiger charge is 2.30. The Labute approximate surface area is 126 Å². The zero-order valence-electron chi connectivity index (χ0n) is 12.9. The van der Waals surface area contributed by atoms with E-state index in [2.05, 4.69) is 0 Å². The van der Waals surface area contributed by atoms with E-state index in [0.29, 0.717) is 11.5 Å². The van der Waals surface area contributed by atoms with Crippen molar-refractivity contribution < 1.29 is 14.7 Å². The molecule has 1 fully saturated rings. The van der Waals surface area contributed by atoms with Crippen LogP contribution in [-0.4, -0.2) is 16.9 Å². The highest BCUT2D eigenvalue weighted by atomic mass is 16.4. The highest BCUT2D eigenvalue weighted by molar-refractivity contribution is 5.98. The van der Waals surface area contributed by atoms with E-state index >= 15 is 0 Å². The number of ketones is 1. The van der Waals surface area contributed by atoms with Gasteiger partial charge in [0.25, 0.3) is 0 Å². The first-order valence-corrected chi connectivity index (χ1v) is 7.77. The van der Waals surface area contributed by atoms with Crippen molar-refractivity contribution in [1.82, 2.24) is 0 Å². The second-order valence-corrected chi connectivity index (χ2v) is 6.75. The van der Waals surface area contributed by atoms with Crippen LogP contribution >= 0.6 is 0 Å². The van der Waals surface area contributed by atoms with E-state index in [0.717, 1.165) is 0 Å². The van der Waals surface area contributed by atoms with Gasteiger partial charge in [-0.3, -0.25) is 9.59 Å². The number of carbonyl (C=O) groups is 2. The molecule has 0 bridgehead atoms. The first-order chi connectivity index (χ1) is 9.90. The predicted octanol–water partition coefficient (Wildman–Crippen LogP) is 4.42. The van der Waals surface area contributed by atoms with Crippen molar-refractivity contribution in [3.05, 3.63) is 35.4 Å². The number of hydrogen-bond acceptors (Lipinski definition) is 2. The van der Waals surface area contributed by atoms with Crippen LogP contribution in [0.5, 0.6) is 0 Å². The minimum Gasteiger partial charge on any atom is -0.481 e. The van der Waals surface area contributed by atoms with Crippen molar-refractivity contribution in [3.63, 3.8) is 0 Å². The second-order valence-electron chi connectivity index (χ2n) is 6.75. The minimum atomic E-state index is -1.01. The standard InChI is InChI=1S/C18H24O3/c1-18(2,17(20)21)12-16(19)15-10-8-14(9-11-15)13-6-4-3-5-7-13/h8-11,13H,3-7,12H2,1-2H3,(H,20,21). The maximum Gasteiger partial charge on any atom is 0.309 e. The number of benzene rings is 1. The van der Waals surface area contributed by atoms with Crippen LogP contribution in [0.4, 0.5) is 0 Å². The lowest BCUT2D eigenvalue weighted by Gasteiger charge is -2.22. The van der Waals surface area contributed by atoms with Crippen LogP contribution in [0.25, 0.3) is 0 Å². The average molecular weight is 288 g/mol. The average Bonchev–Trinajstić information content (AvgIpc) is 2.48.